The van der Waals surface area contributed by atoms with Crippen LogP contribution in [-0.4, -0.2) is 0 Å². The van der Waals surface area contributed by atoms with Gasteiger partial charge in [0.2, 0.25) is 0 Å². The highest BCUT2D eigenvalue weighted by Gasteiger charge is 2.34. The molecule has 0 aliphatic carbocycles. The van der Waals surface area contributed by atoms with Crippen molar-refractivity contribution in [3.8, 4) is 0 Å². The molecule has 1 rings (SSSR count). The highest BCUT2D eigenvalue weighted by Crippen LogP contribution is 2.41. The second kappa shape index (κ2) is 4.16. The summed E-state index contributed by atoms with van der Waals surface area (Å²) in [7, 11) is 0. The molecule has 0 nitrogen and oxygen atoms in total. The van der Waals surface area contributed by atoms with Crippen LogP contribution in [0.25, 0.3) is 0 Å². The molecule has 0 fully saturated rings. The Morgan fingerprint density at radius 3 is 1.87 bits per heavy atom. The van der Waals surface area contributed by atoms with Crippen molar-refractivity contribution in [1.82, 2.24) is 0 Å². The van der Waals surface area contributed by atoms with Crippen molar-refractivity contribution in [2.75, 3.05) is 0 Å². The summed E-state index contributed by atoms with van der Waals surface area (Å²) < 4.78 is 37.6. The highest BCUT2D eigenvalue weighted by atomic mass is 32.1. The molecule has 0 saturated carbocycles. The van der Waals surface area contributed by atoms with E-state index in [0.717, 1.165) is 21.8 Å². The van der Waals surface area contributed by atoms with Gasteiger partial charge in [0.15, 0.2) is 0 Å². The van der Waals surface area contributed by atoms with Gasteiger partial charge in [-0.3, -0.25) is 0 Å². The van der Waals surface area contributed by atoms with Crippen molar-refractivity contribution in [2.45, 2.75) is 45.7 Å². The standard InChI is InChI=1S/C11H15F3S/c1-6(2)8-5-9(11(12,13)14)15-10(8)7(3)4/h5-7H,1-4H3. The van der Waals surface area contributed by atoms with E-state index in [0.29, 0.717) is 0 Å². The second-order valence-corrected chi connectivity index (χ2v) is 5.32. The van der Waals surface area contributed by atoms with Crippen LogP contribution in [0.5, 0.6) is 0 Å². The number of halogens is 3. The summed E-state index contributed by atoms with van der Waals surface area (Å²) >= 11 is 0.878. The molecule has 4 heteroatoms. The summed E-state index contributed by atoms with van der Waals surface area (Å²) in [5.41, 5.74) is 0.835. The number of hydrogen-bond acceptors (Lipinski definition) is 1. The summed E-state index contributed by atoms with van der Waals surface area (Å²) in [5, 5.41) is 0. The summed E-state index contributed by atoms with van der Waals surface area (Å²) in [6.45, 7) is 7.71. The average molecular weight is 236 g/mol. The van der Waals surface area contributed by atoms with Crippen molar-refractivity contribution < 1.29 is 13.2 Å². The first-order valence-corrected chi connectivity index (χ1v) is 5.76. The zero-order valence-corrected chi connectivity index (χ0v) is 10.1. The third-order valence-corrected chi connectivity index (χ3v) is 3.71. The molecule has 0 unspecified atom stereocenters. The maximum absolute atomic E-state index is 12.5. The minimum Gasteiger partial charge on any atom is -0.165 e. The highest BCUT2D eigenvalue weighted by molar-refractivity contribution is 7.12. The number of alkyl halides is 3. The van der Waals surface area contributed by atoms with Crippen LogP contribution in [0.2, 0.25) is 0 Å². The van der Waals surface area contributed by atoms with E-state index in [2.05, 4.69) is 0 Å². The Balaban J connectivity index is 3.21. The Bertz CT molecular complexity index is 309. The maximum Gasteiger partial charge on any atom is 0.425 e. The largest absolute Gasteiger partial charge is 0.425 e. The average Bonchev–Trinajstić information content (AvgIpc) is 2.45. The molecule has 0 aliphatic rings. The van der Waals surface area contributed by atoms with Crippen LogP contribution in [-0.2, 0) is 6.18 Å². The molecule has 0 saturated heterocycles. The van der Waals surface area contributed by atoms with Crippen LogP contribution < -0.4 is 0 Å². The van der Waals surface area contributed by atoms with Gasteiger partial charge in [-0.15, -0.1) is 11.3 Å². The van der Waals surface area contributed by atoms with E-state index >= 15 is 0 Å². The Hall–Kier alpha value is -0.510. The lowest BCUT2D eigenvalue weighted by Gasteiger charge is -2.08. The Kier molecular flexibility index (Phi) is 3.48. The van der Waals surface area contributed by atoms with Crippen LogP contribution in [0.4, 0.5) is 13.2 Å². The molecule has 1 aromatic rings. The third kappa shape index (κ3) is 2.74. The van der Waals surface area contributed by atoms with Crippen molar-refractivity contribution in [3.63, 3.8) is 0 Å². The van der Waals surface area contributed by atoms with Crippen LogP contribution >= 0.6 is 11.3 Å². The lowest BCUT2D eigenvalue weighted by Crippen LogP contribution is -2.00. The van der Waals surface area contributed by atoms with Crippen molar-refractivity contribution in [1.29, 1.82) is 0 Å². The molecule has 86 valence electrons. The fourth-order valence-corrected chi connectivity index (χ4v) is 2.65. The maximum atomic E-state index is 12.5. The van der Waals surface area contributed by atoms with Gasteiger partial charge >= 0.3 is 6.18 Å². The molecule has 0 amide bonds. The smallest absolute Gasteiger partial charge is 0.165 e. The van der Waals surface area contributed by atoms with Crippen LogP contribution in [0, 0.1) is 0 Å². The molecule has 0 radical (unpaired) electrons. The van der Waals surface area contributed by atoms with Gasteiger partial charge in [-0.25, -0.2) is 0 Å². The number of thiophene rings is 1. The van der Waals surface area contributed by atoms with Crippen molar-refractivity contribution >= 4 is 11.3 Å². The quantitative estimate of drug-likeness (QED) is 0.676. The van der Waals surface area contributed by atoms with E-state index in [1.165, 1.54) is 6.07 Å². The Morgan fingerprint density at radius 2 is 1.60 bits per heavy atom. The molecule has 15 heavy (non-hydrogen) atoms. The summed E-state index contributed by atoms with van der Waals surface area (Å²) in [5.74, 6) is 0.304. The molecular weight excluding hydrogens is 221 g/mol. The van der Waals surface area contributed by atoms with Crippen LogP contribution in [0.3, 0.4) is 0 Å². The second-order valence-electron chi connectivity index (χ2n) is 4.24. The van der Waals surface area contributed by atoms with E-state index in [4.69, 9.17) is 0 Å². The number of hydrogen-bond donors (Lipinski definition) is 0. The lowest BCUT2D eigenvalue weighted by molar-refractivity contribution is -0.134. The fourth-order valence-electron chi connectivity index (χ4n) is 1.46. The summed E-state index contributed by atoms with van der Waals surface area (Å²) in [4.78, 5) is 0.382. The minimum absolute atomic E-state index is 0.148. The monoisotopic (exact) mass is 236 g/mol. The summed E-state index contributed by atoms with van der Waals surface area (Å²) in [6, 6.07) is 1.30. The molecule has 0 atom stereocenters. The molecule has 0 N–H and O–H groups in total. The first-order valence-electron chi connectivity index (χ1n) is 4.94. The molecule has 1 aromatic heterocycles. The third-order valence-electron chi connectivity index (χ3n) is 2.22. The molecule has 0 aliphatic heterocycles. The molecule has 0 bridgehead atoms. The Morgan fingerprint density at radius 1 is 1.07 bits per heavy atom. The fraction of sp³-hybridized carbons (Fsp3) is 0.636. The molecule has 0 spiro atoms. The van der Waals surface area contributed by atoms with Gasteiger partial charge in [-0.1, -0.05) is 27.7 Å². The summed E-state index contributed by atoms with van der Waals surface area (Å²) in [6.07, 6.45) is -4.21. The van der Waals surface area contributed by atoms with Gasteiger partial charge in [-0.2, -0.15) is 13.2 Å². The Labute approximate surface area is 92.1 Å². The van der Waals surface area contributed by atoms with Crippen LogP contribution in [0.15, 0.2) is 6.07 Å². The van der Waals surface area contributed by atoms with Gasteiger partial charge < -0.3 is 0 Å². The predicted molar refractivity (Wildman–Crippen MR) is 57.5 cm³/mol. The topological polar surface area (TPSA) is 0 Å². The van der Waals surface area contributed by atoms with Crippen molar-refractivity contribution in [2.24, 2.45) is 0 Å². The first kappa shape index (κ1) is 12.6. The van der Waals surface area contributed by atoms with Gasteiger partial charge in [0, 0.05) is 4.88 Å². The molecule has 1 heterocycles. The van der Waals surface area contributed by atoms with E-state index in [1.807, 2.05) is 27.7 Å². The lowest BCUT2D eigenvalue weighted by atomic mass is 9.99. The van der Waals surface area contributed by atoms with Crippen molar-refractivity contribution in [3.05, 3.63) is 21.4 Å². The van der Waals surface area contributed by atoms with E-state index in [1.54, 1.807) is 0 Å². The van der Waals surface area contributed by atoms with Gasteiger partial charge in [0.25, 0.3) is 0 Å². The zero-order valence-electron chi connectivity index (χ0n) is 9.27. The van der Waals surface area contributed by atoms with Crippen LogP contribution in [0.1, 0.15) is 54.8 Å². The van der Waals surface area contributed by atoms with E-state index < -0.39 is 11.1 Å². The van der Waals surface area contributed by atoms with Gasteiger partial charge in [0.05, 0.1) is 0 Å². The normalized spacial score (nSPS) is 12.9. The zero-order chi connectivity index (χ0) is 11.8. The number of rotatable bonds is 2. The van der Waals surface area contributed by atoms with Gasteiger partial charge in [-0.05, 0) is 23.5 Å². The predicted octanol–water partition coefficient (Wildman–Crippen LogP) is 5.01. The molecule has 0 aromatic carbocycles. The molecular formula is C11H15F3S. The van der Waals surface area contributed by atoms with E-state index in [-0.39, 0.29) is 11.8 Å². The minimum atomic E-state index is -4.21. The van der Waals surface area contributed by atoms with Gasteiger partial charge in [0.1, 0.15) is 4.88 Å². The first-order chi connectivity index (χ1) is 6.73. The SMILES string of the molecule is CC(C)c1cc(C(F)(F)F)sc1C(C)C. The van der Waals surface area contributed by atoms with E-state index in [9.17, 15) is 13.2 Å².